The summed E-state index contributed by atoms with van der Waals surface area (Å²) in [5.74, 6) is -3.97. The van der Waals surface area contributed by atoms with Gasteiger partial charge in [0.25, 0.3) is 11.8 Å². The summed E-state index contributed by atoms with van der Waals surface area (Å²) >= 11 is 2.48. The lowest BCUT2D eigenvalue weighted by Crippen LogP contribution is -2.70. The Morgan fingerprint density at radius 2 is 1.96 bits per heavy atom. The molecule has 15 nitrogen and oxygen atoms in total. The number of likely N-dealkylation sites (tertiary alicyclic amines) is 1. The number of nitrogens with zero attached hydrogens (tertiary/aromatic N) is 6. The molecule has 0 radical (unpaired) electrons. The number of aromatic hydroxyl groups is 1. The van der Waals surface area contributed by atoms with E-state index in [9.17, 15) is 38.6 Å². The lowest BCUT2D eigenvalue weighted by Gasteiger charge is -2.49. The van der Waals surface area contributed by atoms with Gasteiger partial charge >= 0.3 is 5.97 Å². The van der Waals surface area contributed by atoms with Gasteiger partial charge in [0.1, 0.15) is 23.4 Å². The van der Waals surface area contributed by atoms with E-state index in [2.05, 4.69) is 20.8 Å². The molecule has 0 unspecified atom stereocenters. The van der Waals surface area contributed by atoms with Crippen LogP contribution in [0.3, 0.4) is 0 Å². The highest BCUT2D eigenvalue weighted by Crippen LogP contribution is 2.41. The molecule has 3 aliphatic heterocycles. The van der Waals surface area contributed by atoms with Crippen LogP contribution in [0.1, 0.15) is 12.0 Å². The van der Waals surface area contributed by atoms with Crippen molar-refractivity contribution in [1.82, 2.24) is 29.9 Å². The highest BCUT2D eigenvalue weighted by Gasteiger charge is 2.54. The fraction of sp³-hybridized carbons (Fsp3) is 0.290. The van der Waals surface area contributed by atoms with Crippen molar-refractivity contribution in [2.75, 3.05) is 23.4 Å². The number of rotatable bonds is 11. The smallest absolute Gasteiger partial charge is 0.352 e. The highest BCUT2D eigenvalue weighted by atomic mass is 32.2. The number of carbonyl (C=O) groups excluding carboxylic acids is 4. The lowest BCUT2D eigenvalue weighted by atomic mass is 10.0. The molecule has 18 heteroatoms. The summed E-state index contributed by atoms with van der Waals surface area (Å²) in [5.41, 5.74) is 1.60. The van der Waals surface area contributed by atoms with Crippen molar-refractivity contribution in [2.24, 2.45) is 7.05 Å². The van der Waals surface area contributed by atoms with E-state index in [0.29, 0.717) is 35.8 Å². The van der Waals surface area contributed by atoms with Crippen LogP contribution in [-0.4, -0.2) is 93.8 Å². The number of phenolic OH excluding ortho intramolecular Hbond substituents is 1. The first-order valence-corrected chi connectivity index (χ1v) is 17.0. The summed E-state index contributed by atoms with van der Waals surface area (Å²) in [4.78, 5) is 66.4. The number of carbonyl (C=O) groups is 5. The van der Waals surface area contributed by atoms with Crippen molar-refractivity contribution < 1.29 is 43.1 Å². The van der Waals surface area contributed by atoms with Crippen LogP contribution in [0.15, 0.2) is 77.1 Å². The van der Waals surface area contributed by atoms with Crippen molar-refractivity contribution in [3.05, 3.63) is 83.4 Å². The van der Waals surface area contributed by atoms with Gasteiger partial charge in [-0.05, 0) is 35.8 Å². The molecule has 3 aromatic rings. The maximum atomic E-state index is 13.5. The van der Waals surface area contributed by atoms with Crippen LogP contribution in [0.25, 0.3) is 0 Å². The fourth-order valence-electron chi connectivity index (χ4n) is 5.53. The van der Waals surface area contributed by atoms with Gasteiger partial charge in [-0.2, -0.15) is 4.57 Å². The molecule has 0 spiro atoms. The number of thioether (sulfide) groups is 2. The first-order valence-electron chi connectivity index (χ1n) is 14.9. The quantitative estimate of drug-likeness (QED) is 0.0724. The summed E-state index contributed by atoms with van der Waals surface area (Å²) in [6, 6.07) is 6.22. The van der Waals surface area contributed by atoms with Gasteiger partial charge in [0.2, 0.25) is 18.4 Å². The van der Waals surface area contributed by atoms with Crippen LogP contribution in [0, 0.1) is 5.82 Å². The highest BCUT2D eigenvalue weighted by molar-refractivity contribution is 8.00. The largest absolute Gasteiger partial charge is 0.505 e. The summed E-state index contributed by atoms with van der Waals surface area (Å²) in [6.45, 7) is 0.659. The number of benzene rings is 1. The summed E-state index contributed by atoms with van der Waals surface area (Å²) in [7, 11) is 1.74. The Balaban J connectivity index is 1.04. The van der Waals surface area contributed by atoms with Gasteiger partial charge in [-0.3, -0.25) is 24.1 Å². The molecule has 2 fully saturated rings. The van der Waals surface area contributed by atoms with Crippen LogP contribution in [-0.2, 0) is 44.1 Å². The Hall–Kier alpha value is -5.23. The number of carboxylic acids is 1. The standard InChI is InChI=1S/C31H29FN8O7S2/c1-37-16-33-36-31(37)49-15-24(43)35-25-28(45)40-26(30(46)47)19(14-48-29(25)40)10-18-6-9-39(27(18)44)12-17-4-7-38(8-5-17)13-23(42)34-20-2-3-22(41)21(32)11-20/h2-5,7-8,10-11,16,25,29H,6,9,12-15H2,1H3,(H3-,34,35,41,42,43,46,47)/p+1/t25-,29-/m1/s1. The molecule has 5 heterocycles. The van der Waals surface area contributed by atoms with E-state index >= 15 is 0 Å². The minimum Gasteiger partial charge on any atom is -0.505 e. The number of anilines is 1. The molecule has 6 rings (SSSR count). The monoisotopic (exact) mass is 709 g/mol. The number of hydrogen-bond acceptors (Lipinski definition) is 10. The topological polar surface area (TPSA) is 191 Å². The number of nitrogens with one attached hydrogen (secondary N) is 2. The van der Waals surface area contributed by atoms with E-state index in [1.54, 1.807) is 51.7 Å². The Labute approximate surface area is 286 Å². The Morgan fingerprint density at radius 1 is 1.18 bits per heavy atom. The third-order valence-corrected chi connectivity index (χ3v) is 10.3. The predicted molar refractivity (Wildman–Crippen MR) is 173 cm³/mol. The maximum absolute atomic E-state index is 13.5. The maximum Gasteiger partial charge on any atom is 0.352 e. The molecular formula is C31H30FN8O7S2+. The molecule has 3 aliphatic rings. The van der Waals surface area contributed by atoms with E-state index in [0.717, 1.165) is 29.5 Å². The molecule has 49 heavy (non-hydrogen) atoms. The first-order chi connectivity index (χ1) is 23.5. The number of phenols is 1. The van der Waals surface area contributed by atoms with E-state index in [1.165, 1.54) is 29.1 Å². The molecule has 2 saturated heterocycles. The molecular weight excluding hydrogens is 680 g/mol. The predicted octanol–water partition coefficient (Wildman–Crippen LogP) is 0.776. The summed E-state index contributed by atoms with van der Waals surface area (Å²) < 4.78 is 16.8. The lowest BCUT2D eigenvalue weighted by molar-refractivity contribution is -0.684. The molecule has 4 amide bonds. The minimum atomic E-state index is -1.29. The van der Waals surface area contributed by atoms with E-state index in [1.807, 2.05) is 0 Å². The summed E-state index contributed by atoms with van der Waals surface area (Å²) in [6.07, 6.45) is 6.82. The number of pyridine rings is 1. The number of fused-ring (bicyclic) bond motifs is 1. The van der Waals surface area contributed by atoms with Gasteiger partial charge in [0, 0.05) is 55.3 Å². The first kappa shape index (κ1) is 33.7. The van der Waals surface area contributed by atoms with Crippen molar-refractivity contribution in [3.8, 4) is 5.75 Å². The Morgan fingerprint density at radius 3 is 2.65 bits per heavy atom. The van der Waals surface area contributed by atoms with Gasteiger partial charge < -0.3 is 30.3 Å². The second-order valence-electron chi connectivity index (χ2n) is 11.4. The normalized spacial score (nSPS) is 19.6. The number of hydrogen-bond donors (Lipinski definition) is 4. The van der Waals surface area contributed by atoms with Crippen LogP contribution < -0.4 is 15.2 Å². The zero-order valence-electron chi connectivity index (χ0n) is 25.9. The average molecular weight is 710 g/mol. The van der Waals surface area contributed by atoms with Crippen LogP contribution >= 0.6 is 23.5 Å². The molecule has 2 atom stereocenters. The van der Waals surface area contributed by atoms with Gasteiger partial charge in [0.15, 0.2) is 29.1 Å². The van der Waals surface area contributed by atoms with Crippen LogP contribution in [0.2, 0.25) is 0 Å². The molecule has 254 valence electrons. The van der Waals surface area contributed by atoms with Crippen molar-refractivity contribution in [1.29, 1.82) is 0 Å². The number of β-lactam (4-membered cyclic amide) rings is 1. The molecule has 0 bridgehead atoms. The zero-order valence-corrected chi connectivity index (χ0v) is 27.5. The van der Waals surface area contributed by atoms with Gasteiger partial charge in [0.05, 0.1) is 5.75 Å². The molecule has 1 aromatic carbocycles. The van der Waals surface area contributed by atoms with Crippen LogP contribution in [0.5, 0.6) is 5.75 Å². The third kappa shape index (κ3) is 7.29. The second kappa shape index (κ2) is 14.1. The molecule has 0 saturated carbocycles. The zero-order chi connectivity index (χ0) is 34.8. The number of aliphatic carboxylic acids is 1. The Bertz CT molecular complexity index is 1920. The Kier molecular flexibility index (Phi) is 9.68. The van der Waals surface area contributed by atoms with Crippen molar-refractivity contribution in [2.45, 2.75) is 36.1 Å². The SMILES string of the molecule is Cn1cnnc1SCC(=O)N[C@@H]1C(=O)N2C(C(=O)O)=C(C=C3CCN(Cc4cc[n+](CC(=O)Nc5ccc(O)c(F)c5)cc4)C3=O)CS[C@H]12. The molecule has 2 aromatic heterocycles. The van der Waals surface area contributed by atoms with E-state index in [-0.39, 0.29) is 41.2 Å². The second-order valence-corrected chi connectivity index (χ2v) is 13.4. The molecule has 4 N–H and O–H groups in total. The number of aryl methyl sites for hydroxylation is 1. The minimum absolute atomic E-state index is 0.0107. The van der Waals surface area contributed by atoms with E-state index < -0.39 is 40.8 Å². The summed E-state index contributed by atoms with van der Waals surface area (Å²) in [5, 5.41) is 32.2. The van der Waals surface area contributed by atoms with Crippen molar-refractivity contribution in [3.63, 3.8) is 0 Å². The van der Waals surface area contributed by atoms with Gasteiger partial charge in [-0.1, -0.05) is 11.8 Å². The average Bonchev–Trinajstić information content (AvgIpc) is 3.64. The number of allylic oxidation sites excluding steroid dienone is 1. The van der Waals surface area contributed by atoms with E-state index in [4.69, 9.17) is 0 Å². The number of amides is 4. The number of aromatic nitrogens is 4. The third-order valence-electron chi connectivity index (χ3n) is 7.97. The molecule has 0 aliphatic carbocycles. The van der Waals surface area contributed by atoms with Gasteiger partial charge in [-0.25, -0.2) is 9.18 Å². The van der Waals surface area contributed by atoms with Crippen LogP contribution in [0.4, 0.5) is 10.1 Å². The number of carboxylic acid groups (broad SMARTS) is 1. The number of halogens is 1. The fourth-order valence-corrected chi connectivity index (χ4v) is 7.54. The van der Waals surface area contributed by atoms with Crippen molar-refractivity contribution >= 4 is 58.8 Å². The van der Waals surface area contributed by atoms with Gasteiger partial charge in [-0.15, -0.1) is 22.0 Å².